The Bertz CT molecular complexity index is 371. The van der Waals surface area contributed by atoms with Gasteiger partial charge >= 0.3 is 0 Å². The molecule has 1 aromatic heterocycles. The Balaban J connectivity index is 1.82. The van der Waals surface area contributed by atoms with Crippen LogP contribution in [0.1, 0.15) is 32.1 Å². The number of hydrogen-bond donors (Lipinski definition) is 2. The number of amides is 1. The predicted octanol–water partition coefficient (Wildman–Crippen LogP) is 0.508. The fourth-order valence-electron chi connectivity index (χ4n) is 2.42. The summed E-state index contributed by atoms with van der Waals surface area (Å²) in [4.78, 5) is 16.2. The van der Waals surface area contributed by atoms with Gasteiger partial charge in [-0.2, -0.15) is 4.98 Å². The molecule has 1 saturated heterocycles. The van der Waals surface area contributed by atoms with E-state index in [0.717, 1.165) is 32.4 Å². The van der Waals surface area contributed by atoms with Crippen LogP contribution in [-0.4, -0.2) is 35.7 Å². The molecule has 0 unspecified atom stereocenters. The van der Waals surface area contributed by atoms with E-state index >= 15 is 0 Å². The normalized spacial score (nSPS) is 18.5. The summed E-state index contributed by atoms with van der Waals surface area (Å²) < 4.78 is 4.89. The van der Waals surface area contributed by atoms with Crippen LogP contribution in [0.5, 0.6) is 0 Å². The van der Waals surface area contributed by atoms with Crippen LogP contribution in [0.4, 0.5) is 0 Å². The summed E-state index contributed by atoms with van der Waals surface area (Å²) in [5, 5.41) is 9.81. The minimum Gasteiger partial charge on any atom is -0.355 e. The SMILES string of the molecule is CCC1(C(=O)NCCc2ncno2)CCNCC1. The lowest BCUT2D eigenvalue weighted by atomic mass is 9.76. The zero-order valence-electron chi connectivity index (χ0n) is 10.7. The topological polar surface area (TPSA) is 80.1 Å². The van der Waals surface area contributed by atoms with Crippen LogP contribution in [-0.2, 0) is 11.2 Å². The molecule has 0 radical (unpaired) electrons. The maximum Gasteiger partial charge on any atom is 0.228 e. The first-order valence-electron chi connectivity index (χ1n) is 6.51. The highest BCUT2D eigenvalue weighted by Crippen LogP contribution is 2.32. The molecule has 100 valence electrons. The van der Waals surface area contributed by atoms with Crippen LogP contribution in [0.2, 0.25) is 0 Å². The Kier molecular flexibility index (Phi) is 4.30. The summed E-state index contributed by atoms with van der Waals surface area (Å²) in [5.74, 6) is 0.720. The Labute approximate surface area is 107 Å². The molecule has 2 heterocycles. The fourth-order valence-corrected chi connectivity index (χ4v) is 2.42. The van der Waals surface area contributed by atoms with Gasteiger partial charge in [0.1, 0.15) is 0 Å². The monoisotopic (exact) mass is 252 g/mol. The third-order valence-corrected chi connectivity index (χ3v) is 3.75. The van der Waals surface area contributed by atoms with Gasteiger partial charge in [0.05, 0.1) is 5.41 Å². The van der Waals surface area contributed by atoms with E-state index in [0.29, 0.717) is 18.9 Å². The molecule has 0 atom stereocenters. The average Bonchev–Trinajstić information content (AvgIpc) is 2.92. The highest BCUT2D eigenvalue weighted by molar-refractivity contribution is 5.82. The highest BCUT2D eigenvalue weighted by atomic mass is 16.5. The first-order valence-corrected chi connectivity index (χ1v) is 6.51. The maximum absolute atomic E-state index is 12.3. The minimum atomic E-state index is -0.194. The van der Waals surface area contributed by atoms with Gasteiger partial charge in [0.15, 0.2) is 6.33 Å². The first-order chi connectivity index (χ1) is 8.77. The van der Waals surface area contributed by atoms with Crippen molar-refractivity contribution in [2.45, 2.75) is 32.6 Å². The Morgan fingerprint density at radius 3 is 2.94 bits per heavy atom. The van der Waals surface area contributed by atoms with Gasteiger partial charge in [0, 0.05) is 13.0 Å². The number of carbonyl (C=O) groups is 1. The van der Waals surface area contributed by atoms with Gasteiger partial charge < -0.3 is 15.2 Å². The molecule has 1 aromatic rings. The first kappa shape index (κ1) is 13.0. The molecule has 0 bridgehead atoms. The number of nitrogens with zero attached hydrogens (tertiary/aromatic N) is 2. The smallest absolute Gasteiger partial charge is 0.228 e. The zero-order chi connectivity index (χ0) is 12.8. The third-order valence-electron chi connectivity index (χ3n) is 3.75. The van der Waals surface area contributed by atoms with Gasteiger partial charge in [-0.1, -0.05) is 12.1 Å². The van der Waals surface area contributed by atoms with E-state index in [4.69, 9.17) is 4.52 Å². The van der Waals surface area contributed by atoms with Gasteiger partial charge in [0.25, 0.3) is 0 Å². The summed E-state index contributed by atoms with van der Waals surface area (Å²) in [6.45, 7) is 4.48. The van der Waals surface area contributed by atoms with Crippen molar-refractivity contribution in [2.24, 2.45) is 5.41 Å². The van der Waals surface area contributed by atoms with Gasteiger partial charge in [0.2, 0.25) is 11.8 Å². The molecular formula is C12H20N4O2. The Morgan fingerprint density at radius 1 is 1.56 bits per heavy atom. The molecule has 2 rings (SSSR count). The van der Waals surface area contributed by atoms with E-state index in [1.807, 2.05) is 0 Å². The molecule has 18 heavy (non-hydrogen) atoms. The molecule has 2 N–H and O–H groups in total. The van der Waals surface area contributed by atoms with Gasteiger partial charge in [-0.3, -0.25) is 4.79 Å². The van der Waals surface area contributed by atoms with Gasteiger partial charge in [-0.25, -0.2) is 0 Å². The summed E-state index contributed by atoms with van der Waals surface area (Å²) in [7, 11) is 0. The molecule has 1 fully saturated rings. The van der Waals surface area contributed by atoms with Gasteiger partial charge in [-0.15, -0.1) is 0 Å². The summed E-state index contributed by atoms with van der Waals surface area (Å²) in [6, 6.07) is 0. The second-order valence-corrected chi connectivity index (χ2v) is 4.72. The number of nitrogens with one attached hydrogen (secondary N) is 2. The molecule has 1 aliphatic rings. The maximum atomic E-state index is 12.3. The average molecular weight is 252 g/mol. The van der Waals surface area contributed by atoms with Crippen molar-refractivity contribution in [3.63, 3.8) is 0 Å². The van der Waals surface area contributed by atoms with Crippen LogP contribution in [0.3, 0.4) is 0 Å². The van der Waals surface area contributed by atoms with E-state index in [-0.39, 0.29) is 11.3 Å². The van der Waals surface area contributed by atoms with E-state index < -0.39 is 0 Å². The van der Waals surface area contributed by atoms with E-state index in [9.17, 15) is 4.79 Å². The van der Waals surface area contributed by atoms with Crippen LogP contribution in [0, 0.1) is 5.41 Å². The van der Waals surface area contributed by atoms with Crippen molar-refractivity contribution in [1.82, 2.24) is 20.8 Å². The van der Waals surface area contributed by atoms with Crippen LogP contribution in [0.25, 0.3) is 0 Å². The lowest BCUT2D eigenvalue weighted by molar-refractivity contribution is -0.132. The standard InChI is InChI=1S/C12H20N4O2/c1-2-12(4-7-13-8-5-12)11(17)14-6-3-10-15-9-16-18-10/h9,13H,2-8H2,1H3,(H,14,17). The largest absolute Gasteiger partial charge is 0.355 e. The molecule has 0 spiro atoms. The number of aromatic nitrogens is 2. The van der Waals surface area contributed by atoms with Crippen LogP contribution in [0.15, 0.2) is 10.9 Å². The van der Waals surface area contributed by atoms with Crippen LogP contribution >= 0.6 is 0 Å². The van der Waals surface area contributed by atoms with E-state index in [1.54, 1.807) is 0 Å². The van der Waals surface area contributed by atoms with Crippen LogP contribution < -0.4 is 10.6 Å². The third kappa shape index (κ3) is 2.87. The van der Waals surface area contributed by atoms with Crippen molar-refractivity contribution in [1.29, 1.82) is 0 Å². The molecule has 0 aromatic carbocycles. The lowest BCUT2D eigenvalue weighted by Crippen LogP contribution is -2.47. The summed E-state index contributed by atoms with van der Waals surface area (Å²) >= 11 is 0. The fraction of sp³-hybridized carbons (Fsp3) is 0.750. The van der Waals surface area contributed by atoms with Crippen molar-refractivity contribution in [3.05, 3.63) is 12.2 Å². The molecule has 6 heteroatoms. The zero-order valence-corrected chi connectivity index (χ0v) is 10.7. The molecule has 1 amide bonds. The van der Waals surface area contributed by atoms with Crippen molar-refractivity contribution in [3.8, 4) is 0 Å². The second-order valence-electron chi connectivity index (χ2n) is 4.72. The minimum absolute atomic E-state index is 0.158. The number of rotatable bonds is 5. The highest BCUT2D eigenvalue weighted by Gasteiger charge is 2.37. The van der Waals surface area contributed by atoms with Gasteiger partial charge in [-0.05, 0) is 32.4 Å². The van der Waals surface area contributed by atoms with Crippen molar-refractivity contribution >= 4 is 5.91 Å². The molecular weight excluding hydrogens is 232 g/mol. The Morgan fingerprint density at radius 2 is 2.33 bits per heavy atom. The summed E-state index contributed by atoms with van der Waals surface area (Å²) in [5.41, 5.74) is -0.194. The number of hydrogen-bond acceptors (Lipinski definition) is 5. The molecule has 0 saturated carbocycles. The molecule has 0 aliphatic carbocycles. The van der Waals surface area contributed by atoms with E-state index in [2.05, 4.69) is 27.7 Å². The molecule has 1 aliphatic heterocycles. The lowest BCUT2D eigenvalue weighted by Gasteiger charge is -2.35. The van der Waals surface area contributed by atoms with Crippen molar-refractivity contribution in [2.75, 3.05) is 19.6 Å². The quantitative estimate of drug-likeness (QED) is 0.798. The number of carbonyl (C=O) groups excluding carboxylic acids is 1. The van der Waals surface area contributed by atoms with E-state index in [1.165, 1.54) is 6.33 Å². The second kappa shape index (κ2) is 5.95. The molecule has 6 nitrogen and oxygen atoms in total. The number of piperidine rings is 1. The Hall–Kier alpha value is -1.43. The summed E-state index contributed by atoms with van der Waals surface area (Å²) in [6.07, 6.45) is 4.67. The van der Waals surface area contributed by atoms with Crippen molar-refractivity contribution < 1.29 is 9.32 Å². The predicted molar refractivity (Wildman–Crippen MR) is 65.8 cm³/mol.